The number of fused-ring (bicyclic) bond motifs is 1. The van der Waals surface area contributed by atoms with Gasteiger partial charge in [0.15, 0.2) is 23.2 Å². The summed E-state index contributed by atoms with van der Waals surface area (Å²) in [4.78, 5) is 26.9. The number of para-hydroxylation sites is 1. The van der Waals surface area contributed by atoms with Crippen molar-refractivity contribution in [3.05, 3.63) is 36.7 Å². The molecule has 13 nitrogen and oxygen atoms in total. The first kappa shape index (κ1) is 31.6. The van der Waals surface area contributed by atoms with Crippen molar-refractivity contribution < 1.29 is 32.8 Å². The molecule has 1 saturated heterocycles. The Morgan fingerprint density at radius 2 is 2.05 bits per heavy atom. The maximum atomic E-state index is 16.3. The van der Waals surface area contributed by atoms with Gasteiger partial charge in [-0.3, -0.25) is 9.36 Å². The van der Waals surface area contributed by atoms with E-state index < -0.39 is 49.4 Å². The van der Waals surface area contributed by atoms with Crippen LogP contribution >= 0.6 is 6.64 Å². The summed E-state index contributed by atoms with van der Waals surface area (Å²) in [5.74, 6) is 2.14. The van der Waals surface area contributed by atoms with Crippen molar-refractivity contribution in [2.45, 2.75) is 57.0 Å². The highest BCUT2D eigenvalue weighted by Crippen LogP contribution is 2.48. The van der Waals surface area contributed by atoms with E-state index in [0.29, 0.717) is 17.1 Å². The summed E-state index contributed by atoms with van der Waals surface area (Å²) in [6.07, 6.45) is 1.81. The fourth-order valence-corrected chi connectivity index (χ4v) is 6.64. The zero-order valence-electron chi connectivity index (χ0n) is 23.7. The maximum Gasteiger partial charge on any atom is 0.323 e. The number of nitrogens with one attached hydrogen (secondary N) is 1. The molecule has 4 N–H and O–H groups in total. The van der Waals surface area contributed by atoms with Crippen molar-refractivity contribution in [3.63, 3.8) is 0 Å². The minimum Gasteiger partial charge on any atom is -0.462 e. The first-order chi connectivity index (χ1) is 19.8. The molecule has 0 bridgehead atoms. The van der Waals surface area contributed by atoms with E-state index in [0.717, 1.165) is 0 Å². The number of aliphatic hydroxyl groups is 1. The predicted molar refractivity (Wildman–Crippen MR) is 158 cm³/mol. The number of hydrogen-bond acceptors (Lipinski definition) is 12. The number of halogens is 1. The standard InChI is InChI=1S/C26H33FN7O6PS/c1-7-26(27)20(35)18(39-24(26)34-14-29-19-21(33(5)6)30-25(28)31-22(19)34)13-37-41(42,40-17-11-9-8-10-12-17)32-16(4)23(36)38-15(2)3/h1,8-12,14-16,18,20,24,35H,13H2,2-6H3,(H,32,42)(H2,28,30,31)/t16-,18-,20-,24-,26-,41?/m1/s1. The van der Waals surface area contributed by atoms with Crippen LogP contribution in [-0.4, -0.2) is 81.3 Å². The number of nitrogen functional groups attached to an aromatic ring is 1. The van der Waals surface area contributed by atoms with Gasteiger partial charge in [-0.05, 0) is 44.7 Å². The number of alkyl halides is 1. The van der Waals surface area contributed by atoms with Crippen molar-refractivity contribution in [2.75, 3.05) is 31.3 Å². The molecule has 2 aromatic heterocycles. The SMILES string of the molecule is C#C[C@@]1(F)[C@H](O)[C@@H](COP(=S)(N[C@H](C)C(=O)OC(C)C)Oc2ccccc2)O[C@H]1n1cnc2c(N(C)C)nc(N)nc21. The minimum atomic E-state index is -3.51. The number of rotatable bonds is 11. The molecule has 0 spiro atoms. The molecule has 1 aliphatic rings. The van der Waals surface area contributed by atoms with Crippen LogP contribution in [0.15, 0.2) is 36.7 Å². The van der Waals surface area contributed by atoms with Crippen molar-refractivity contribution in [1.82, 2.24) is 24.6 Å². The smallest absolute Gasteiger partial charge is 0.323 e. The number of aliphatic hydroxyl groups excluding tert-OH is 1. The number of aromatic nitrogens is 4. The number of hydrogen-bond donors (Lipinski definition) is 3. The van der Waals surface area contributed by atoms with Gasteiger partial charge in [0.25, 0.3) is 0 Å². The van der Waals surface area contributed by atoms with Gasteiger partial charge in [0, 0.05) is 14.1 Å². The molecule has 0 amide bonds. The van der Waals surface area contributed by atoms with Crippen molar-refractivity contribution in [1.29, 1.82) is 0 Å². The molecular weight excluding hydrogens is 588 g/mol. The number of anilines is 2. The lowest BCUT2D eigenvalue weighted by Crippen LogP contribution is -2.42. The van der Waals surface area contributed by atoms with E-state index in [1.54, 1.807) is 70.1 Å². The molecule has 16 heteroatoms. The number of nitrogens with zero attached hydrogens (tertiary/aromatic N) is 5. The number of benzene rings is 1. The number of esters is 1. The molecule has 0 aliphatic carbocycles. The third-order valence-corrected chi connectivity index (χ3v) is 8.70. The first-order valence-electron chi connectivity index (χ1n) is 12.9. The minimum absolute atomic E-state index is 0.0773. The summed E-state index contributed by atoms with van der Waals surface area (Å²) >= 11 is 5.70. The molecule has 3 aromatic rings. The van der Waals surface area contributed by atoms with Crippen molar-refractivity contribution in [3.8, 4) is 18.1 Å². The first-order valence-corrected chi connectivity index (χ1v) is 15.6. The average Bonchev–Trinajstić information content (AvgIpc) is 3.45. The Balaban J connectivity index is 1.61. The second kappa shape index (κ2) is 12.5. The lowest BCUT2D eigenvalue weighted by atomic mass is 9.97. The third-order valence-electron chi connectivity index (χ3n) is 6.20. The number of carbonyl (C=O) groups is 1. The molecule has 1 unspecified atom stereocenters. The van der Waals surface area contributed by atoms with Crippen LogP contribution < -0.4 is 20.2 Å². The van der Waals surface area contributed by atoms with Crippen LogP contribution in [0.25, 0.3) is 11.2 Å². The van der Waals surface area contributed by atoms with Crippen molar-refractivity contribution >= 4 is 47.3 Å². The fraction of sp³-hybridized carbons (Fsp3) is 0.462. The predicted octanol–water partition coefficient (Wildman–Crippen LogP) is 2.32. The Kier molecular flexibility index (Phi) is 9.36. The van der Waals surface area contributed by atoms with Crippen LogP contribution in [-0.2, 0) is 30.6 Å². The number of ether oxygens (including phenoxy) is 2. The molecule has 1 aliphatic heterocycles. The van der Waals surface area contributed by atoms with Gasteiger partial charge < -0.3 is 34.3 Å². The molecule has 0 saturated carbocycles. The Morgan fingerprint density at radius 3 is 2.67 bits per heavy atom. The Bertz CT molecular complexity index is 1520. The topological polar surface area (TPSA) is 159 Å². The second-order valence-electron chi connectivity index (χ2n) is 10.0. The zero-order valence-corrected chi connectivity index (χ0v) is 25.4. The van der Waals surface area contributed by atoms with Gasteiger partial charge in [-0.2, -0.15) is 9.97 Å². The van der Waals surface area contributed by atoms with Gasteiger partial charge in [0.2, 0.25) is 11.6 Å². The molecule has 4 rings (SSSR count). The highest BCUT2D eigenvalue weighted by molar-refractivity contribution is 8.09. The summed E-state index contributed by atoms with van der Waals surface area (Å²) in [5, 5.41) is 13.9. The van der Waals surface area contributed by atoms with E-state index >= 15 is 4.39 Å². The summed E-state index contributed by atoms with van der Waals surface area (Å²) in [7, 11) is 3.48. The molecular formula is C26H33FN7O6PS. The Labute approximate surface area is 247 Å². The monoisotopic (exact) mass is 621 g/mol. The van der Waals surface area contributed by atoms with Crippen LogP contribution in [0.3, 0.4) is 0 Å². The molecule has 42 heavy (non-hydrogen) atoms. The summed E-state index contributed by atoms with van der Waals surface area (Å²) in [5.41, 5.74) is 3.65. The van der Waals surface area contributed by atoms with Gasteiger partial charge in [-0.1, -0.05) is 24.1 Å². The molecule has 1 aromatic carbocycles. The molecule has 3 heterocycles. The quantitative estimate of drug-likeness (QED) is 0.163. The zero-order chi connectivity index (χ0) is 30.8. The van der Waals surface area contributed by atoms with Gasteiger partial charge >= 0.3 is 12.6 Å². The number of terminal acetylenes is 1. The highest BCUT2D eigenvalue weighted by atomic mass is 32.5. The average molecular weight is 622 g/mol. The molecule has 0 radical (unpaired) electrons. The van der Waals surface area contributed by atoms with Crippen LogP contribution in [0.1, 0.15) is 27.0 Å². The fourth-order valence-electron chi connectivity index (χ4n) is 4.22. The highest BCUT2D eigenvalue weighted by Gasteiger charge is 2.58. The Morgan fingerprint density at radius 1 is 1.36 bits per heavy atom. The van der Waals surface area contributed by atoms with E-state index in [2.05, 4.69) is 20.0 Å². The van der Waals surface area contributed by atoms with Gasteiger partial charge in [0.1, 0.15) is 24.0 Å². The summed E-state index contributed by atoms with van der Waals surface area (Å²) in [6, 6.07) is 7.66. The van der Waals surface area contributed by atoms with E-state index in [1.165, 1.54) is 10.9 Å². The normalized spacial score (nSPS) is 24.2. The van der Waals surface area contributed by atoms with Gasteiger partial charge in [0.05, 0.1) is 19.0 Å². The van der Waals surface area contributed by atoms with Gasteiger partial charge in [-0.25, -0.2) is 14.5 Å². The summed E-state index contributed by atoms with van der Waals surface area (Å²) in [6.45, 7) is 1.02. The lowest BCUT2D eigenvalue weighted by molar-refractivity contribution is -0.149. The van der Waals surface area contributed by atoms with Gasteiger partial charge in [-0.15, -0.1) is 6.42 Å². The largest absolute Gasteiger partial charge is 0.462 e. The maximum absolute atomic E-state index is 16.3. The van der Waals surface area contributed by atoms with Crippen LogP contribution in [0, 0.1) is 12.3 Å². The molecule has 1 fully saturated rings. The number of imidazole rings is 1. The molecule has 6 atom stereocenters. The van der Waals surface area contributed by atoms with Crippen molar-refractivity contribution in [2.24, 2.45) is 0 Å². The number of nitrogens with two attached hydrogens (primary N) is 1. The van der Waals surface area contributed by atoms with E-state index in [4.69, 9.17) is 42.5 Å². The van der Waals surface area contributed by atoms with E-state index in [-0.39, 0.29) is 17.7 Å². The lowest BCUT2D eigenvalue weighted by Gasteiger charge is -2.28. The van der Waals surface area contributed by atoms with Crippen LogP contribution in [0.4, 0.5) is 16.2 Å². The number of carbonyl (C=O) groups excluding carboxylic acids is 1. The van der Waals surface area contributed by atoms with E-state index in [1.807, 2.05) is 5.92 Å². The third kappa shape index (κ3) is 6.49. The van der Waals surface area contributed by atoms with Crippen LogP contribution in [0.2, 0.25) is 0 Å². The van der Waals surface area contributed by atoms with Crippen LogP contribution in [0.5, 0.6) is 5.75 Å². The second-order valence-corrected chi connectivity index (χ2v) is 13.2. The molecule has 226 valence electrons. The van der Waals surface area contributed by atoms with E-state index in [9.17, 15) is 9.90 Å². The Hall–Kier alpha value is -3.38. The summed E-state index contributed by atoms with van der Waals surface area (Å²) < 4.78 is 40.7.